The fourth-order valence-electron chi connectivity index (χ4n) is 4.53. The van der Waals surface area contributed by atoms with Gasteiger partial charge in [-0.05, 0) is 50.7 Å². The number of likely N-dealkylation sites (N-methyl/N-ethyl adjacent to an activating group) is 1. The van der Waals surface area contributed by atoms with Gasteiger partial charge in [-0.15, -0.1) is 35.3 Å². The second-order valence-corrected chi connectivity index (χ2v) is 9.47. The molecule has 2 aliphatic rings. The van der Waals surface area contributed by atoms with Crippen LogP contribution in [0.5, 0.6) is 0 Å². The summed E-state index contributed by atoms with van der Waals surface area (Å²) in [5, 5.41) is 9.40. The molecule has 1 saturated heterocycles. The normalized spacial score (nSPS) is 20.8. The van der Waals surface area contributed by atoms with Gasteiger partial charge in [0.1, 0.15) is 0 Å². The summed E-state index contributed by atoms with van der Waals surface area (Å²) >= 11 is 1.92. The summed E-state index contributed by atoms with van der Waals surface area (Å²) in [5.74, 6) is 0.959. The number of aliphatic imine (C=N–C) groups is 1. The van der Waals surface area contributed by atoms with Crippen molar-refractivity contribution >= 4 is 41.3 Å². The van der Waals surface area contributed by atoms with Crippen LogP contribution in [-0.2, 0) is 5.41 Å². The van der Waals surface area contributed by atoms with Crippen molar-refractivity contribution in [2.45, 2.75) is 50.4 Å². The van der Waals surface area contributed by atoms with Gasteiger partial charge in [0, 0.05) is 56.6 Å². The topological polar surface area (TPSA) is 42.9 Å². The highest BCUT2D eigenvalue weighted by Gasteiger charge is 2.34. The van der Waals surface area contributed by atoms with Gasteiger partial charge in [0.25, 0.3) is 0 Å². The minimum absolute atomic E-state index is 0. The van der Waals surface area contributed by atoms with Crippen molar-refractivity contribution in [1.82, 2.24) is 20.4 Å². The van der Waals surface area contributed by atoms with Crippen LogP contribution in [-0.4, -0.2) is 75.7 Å². The third-order valence-corrected chi connectivity index (χ3v) is 7.58. The molecule has 3 rings (SSSR count). The third kappa shape index (κ3) is 7.67. The molecule has 166 valence electrons. The molecule has 0 aromatic carbocycles. The number of unbranched alkanes of at least 4 members (excludes halogenated alkanes) is 1. The molecule has 29 heavy (non-hydrogen) atoms. The largest absolute Gasteiger partial charge is 0.356 e. The highest BCUT2D eigenvalue weighted by Crippen LogP contribution is 2.41. The Labute approximate surface area is 198 Å². The van der Waals surface area contributed by atoms with Crippen LogP contribution in [0.1, 0.15) is 49.8 Å². The predicted molar refractivity (Wildman–Crippen MR) is 137 cm³/mol. The Kier molecular flexibility index (Phi) is 11.3. The van der Waals surface area contributed by atoms with E-state index in [1.54, 1.807) is 4.88 Å². The lowest BCUT2D eigenvalue weighted by molar-refractivity contribution is 0.152. The summed E-state index contributed by atoms with van der Waals surface area (Å²) in [7, 11) is 4.11. The highest BCUT2D eigenvalue weighted by atomic mass is 127. The molecule has 2 fully saturated rings. The summed E-state index contributed by atoms with van der Waals surface area (Å²) in [4.78, 5) is 11.0. The minimum atomic E-state index is 0. The van der Waals surface area contributed by atoms with Gasteiger partial charge in [-0.2, -0.15) is 0 Å². The lowest BCUT2D eigenvalue weighted by atomic mass is 9.73. The van der Waals surface area contributed by atoms with Crippen molar-refractivity contribution in [2.75, 3.05) is 59.9 Å². The molecule has 1 aromatic heterocycles. The van der Waals surface area contributed by atoms with Gasteiger partial charge in [0.15, 0.2) is 5.96 Å². The zero-order valence-electron chi connectivity index (χ0n) is 18.3. The molecule has 0 spiro atoms. The van der Waals surface area contributed by atoms with Crippen LogP contribution < -0.4 is 10.6 Å². The van der Waals surface area contributed by atoms with Crippen LogP contribution in [0.25, 0.3) is 0 Å². The molecule has 2 heterocycles. The van der Waals surface area contributed by atoms with E-state index in [0.29, 0.717) is 5.41 Å². The number of hydrogen-bond acceptors (Lipinski definition) is 4. The summed E-state index contributed by atoms with van der Waals surface area (Å²) < 4.78 is 0. The van der Waals surface area contributed by atoms with Crippen molar-refractivity contribution in [2.24, 2.45) is 4.99 Å². The third-order valence-electron chi connectivity index (χ3n) is 6.46. The SMILES string of the molecule is CN=C(NCCCCN1CCN(C)CC1)NCC1(c2cccs2)CCCCC1.I. The standard InChI is InChI=1S/C22H39N5S.HI/c1-23-21(24-12-6-7-13-27-16-14-26(2)15-17-27)25-19-22(10-4-3-5-11-22)20-9-8-18-28-20;/h8-9,18H,3-7,10-17,19H2,1-2H3,(H2,23,24,25);1H. The monoisotopic (exact) mass is 533 g/mol. The van der Waals surface area contributed by atoms with Gasteiger partial charge in [0.05, 0.1) is 0 Å². The van der Waals surface area contributed by atoms with Gasteiger partial charge in [-0.25, -0.2) is 0 Å². The van der Waals surface area contributed by atoms with Crippen LogP contribution >= 0.6 is 35.3 Å². The lowest BCUT2D eigenvalue weighted by Gasteiger charge is -2.37. The Balaban J connectivity index is 0.00000300. The zero-order valence-corrected chi connectivity index (χ0v) is 21.4. The Morgan fingerprint density at radius 3 is 2.52 bits per heavy atom. The number of nitrogens with one attached hydrogen (secondary N) is 2. The first-order chi connectivity index (χ1) is 13.7. The second-order valence-electron chi connectivity index (χ2n) is 8.52. The van der Waals surface area contributed by atoms with E-state index in [-0.39, 0.29) is 24.0 Å². The number of rotatable bonds is 8. The average Bonchev–Trinajstić information content (AvgIpc) is 3.28. The van der Waals surface area contributed by atoms with Gasteiger partial charge in [0.2, 0.25) is 0 Å². The maximum Gasteiger partial charge on any atom is 0.191 e. The number of hydrogen-bond donors (Lipinski definition) is 2. The first kappa shape index (κ1) is 24.9. The molecule has 1 saturated carbocycles. The Hall–Kier alpha value is -0.380. The maximum absolute atomic E-state index is 4.46. The van der Waals surface area contributed by atoms with Crippen molar-refractivity contribution in [1.29, 1.82) is 0 Å². The summed E-state index contributed by atoms with van der Waals surface area (Å²) in [6.45, 7) is 8.08. The Morgan fingerprint density at radius 1 is 1.10 bits per heavy atom. The van der Waals surface area contributed by atoms with Crippen molar-refractivity contribution in [3.05, 3.63) is 22.4 Å². The molecule has 0 bridgehead atoms. The zero-order chi connectivity index (χ0) is 19.7. The van der Waals surface area contributed by atoms with Crippen LogP contribution in [0, 0.1) is 0 Å². The fraction of sp³-hybridized carbons (Fsp3) is 0.773. The van der Waals surface area contributed by atoms with Crippen LogP contribution in [0.15, 0.2) is 22.5 Å². The molecule has 0 unspecified atom stereocenters. The number of nitrogens with zero attached hydrogens (tertiary/aromatic N) is 3. The number of guanidine groups is 1. The first-order valence-electron chi connectivity index (χ1n) is 11.1. The Morgan fingerprint density at radius 2 is 1.86 bits per heavy atom. The van der Waals surface area contributed by atoms with Crippen LogP contribution in [0.3, 0.4) is 0 Å². The molecular formula is C22H40IN5S. The van der Waals surface area contributed by atoms with Gasteiger partial charge < -0.3 is 20.4 Å². The molecule has 1 aliphatic carbocycles. The molecule has 1 aliphatic heterocycles. The molecule has 7 heteroatoms. The second kappa shape index (κ2) is 13.1. The van der Waals surface area contributed by atoms with E-state index in [2.05, 4.69) is 50.0 Å². The number of halogens is 1. The van der Waals surface area contributed by atoms with E-state index in [1.807, 2.05) is 18.4 Å². The van der Waals surface area contributed by atoms with E-state index in [1.165, 1.54) is 77.7 Å². The van der Waals surface area contributed by atoms with Crippen molar-refractivity contribution in [3.8, 4) is 0 Å². The smallest absolute Gasteiger partial charge is 0.191 e. The molecule has 2 N–H and O–H groups in total. The number of thiophene rings is 1. The van der Waals surface area contributed by atoms with E-state index in [0.717, 1.165) is 19.0 Å². The molecule has 1 aromatic rings. The van der Waals surface area contributed by atoms with Crippen LogP contribution in [0.2, 0.25) is 0 Å². The maximum atomic E-state index is 4.46. The molecule has 0 radical (unpaired) electrons. The van der Waals surface area contributed by atoms with E-state index >= 15 is 0 Å². The highest BCUT2D eigenvalue weighted by molar-refractivity contribution is 14.0. The lowest BCUT2D eigenvalue weighted by Crippen LogP contribution is -2.46. The summed E-state index contributed by atoms with van der Waals surface area (Å²) in [6, 6.07) is 4.52. The van der Waals surface area contributed by atoms with E-state index < -0.39 is 0 Å². The van der Waals surface area contributed by atoms with E-state index in [4.69, 9.17) is 0 Å². The summed E-state index contributed by atoms with van der Waals surface area (Å²) in [5.41, 5.74) is 0.297. The first-order valence-corrected chi connectivity index (χ1v) is 12.0. The van der Waals surface area contributed by atoms with Gasteiger partial charge in [-0.1, -0.05) is 25.3 Å². The molecule has 5 nitrogen and oxygen atoms in total. The number of piperazine rings is 1. The molecular weight excluding hydrogens is 493 g/mol. The fourth-order valence-corrected chi connectivity index (χ4v) is 5.52. The Bertz CT molecular complexity index is 578. The minimum Gasteiger partial charge on any atom is -0.356 e. The predicted octanol–water partition coefficient (Wildman–Crippen LogP) is 3.76. The quantitative estimate of drug-likeness (QED) is 0.231. The van der Waals surface area contributed by atoms with Gasteiger partial charge >= 0.3 is 0 Å². The van der Waals surface area contributed by atoms with Crippen LogP contribution in [0.4, 0.5) is 0 Å². The molecule has 0 amide bonds. The van der Waals surface area contributed by atoms with E-state index in [9.17, 15) is 0 Å². The van der Waals surface area contributed by atoms with Gasteiger partial charge in [-0.3, -0.25) is 4.99 Å². The van der Waals surface area contributed by atoms with Crippen molar-refractivity contribution < 1.29 is 0 Å². The molecule has 0 atom stereocenters. The summed E-state index contributed by atoms with van der Waals surface area (Å²) in [6.07, 6.45) is 9.12. The van der Waals surface area contributed by atoms with Crippen molar-refractivity contribution in [3.63, 3.8) is 0 Å². The average molecular weight is 534 g/mol.